The number of aliphatic hydroxyl groups is 1. The summed E-state index contributed by atoms with van der Waals surface area (Å²) in [7, 11) is 2.09. The van der Waals surface area contributed by atoms with Crippen LogP contribution in [-0.4, -0.2) is 45.9 Å². The molecule has 0 radical (unpaired) electrons. The van der Waals surface area contributed by atoms with Crippen molar-refractivity contribution in [2.75, 3.05) is 20.1 Å². The highest BCUT2D eigenvalue weighted by Crippen LogP contribution is 2.28. The quantitative estimate of drug-likeness (QED) is 0.803. The number of aryl methyl sites for hydroxylation is 1. The number of nitrogens with zero attached hydrogens (tertiary/aromatic N) is 2. The molecule has 1 aliphatic carbocycles. The fraction of sp³-hybridized carbons (Fsp3) is 0.550. The lowest BCUT2D eigenvalue weighted by Gasteiger charge is -2.35. The summed E-state index contributed by atoms with van der Waals surface area (Å²) in [5.41, 5.74) is 2.36. The molecule has 5 heteroatoms. The highest BCUT2D eigenvalue weighted by atomic mass is 19.1. The van der Waals surface area contributed by atoms with Crippen molar-refractivity contribution in [1.82, 2.24) is 15.1 Å². The maximum Gasteiger partial charge on any atom is 0.123 e. The second kappa shape index (κ2) is 8.11. The summed E-state index contributed by atoms with van der Waals surface area (Å²) in [6.07, 6.45) is 7.32. The Bertz CT molecular complexity index is 662. The molecule has 3 rings (SSSR count). The molecule has 136 valence electrons. The predicted molar refractivity (Wildman–Crippen MR) is 97.8 cm³/mol. The zero-order valence-electron chi connectivity index (χ0n) is 15.0. The summed E-state index contributed by atoms with van der Waals surface area (Å²) in [4.78, 5) is 2.24. The maximum absolute atomic E-state index is 13.0. The minimum atomic E-state index is -0.489. The minimum absolute atomic E-state index is 0.234. The number of halogens is 1. The number of hydrogen-bond acceptors (Lipinski definition) is 3. The van der Waals surface area contributed by atoms with Crippen molar-refractivity contribution >= 4 is 0 Å². The second-order valence-corrected chi connectivity index (χ2v) is 7.41. The van der Waals surface area contributed by atoms with E-state index in [4.69, 9.17) is 0 Å². The monoisotopic (exact) mass is 345 g/mol. The fourth-order valence-electron chi connectivity index (χ4n) is 3.75. The van der Waals surface area contributed by atoms with Gasteiger partial charge in [0.2, 0.25) is 0 Å². The highest BCUT2D eigenvalue weighted by Gasteiger charge is 2.30. The first-order valence-electron chi connectivity index (χ1n) is 9.25. The Labute approximate surface area is 149 Å². The third-order valence-corrected chi connectivity index (χ3v) is 5.11. The van der Waals surface area contributed by atoms with Gasteiger partial charge in [-0.2, -0.15) is 5.10 Å². The Morgan fingerprint density at radius 3 is 2.64 bits per heavy atom. The Hall–Kier alpha value is -1.72. The van der Waals surface area contributed by atoms with E-state index in [-0.39, 0.29) is 5.82 Å². The number of nitrogens with one attached hydrogen (secondary N) is 1. The number of benzene rings is 1. The molecule has 2 N–H and O–H groups in total. The van der Waals surface area contributed by atoms with Crippen LogP contribution in [0.25, 0.3) is 11.3 Å². The minimum Gasteiger partial charge on any atom is -0.389 e. The zero-order valence-corrected chi connectivity index (χ0v) is 15.0. The van der Waals surface area contributed by atoms with E-state index >= 15 is 0 Å². The van der Waals surface area contributed by atoms with Gasteiger partial charge in [-0.1, -0.05) is 19.3 Å². The van der Waals surface area contributed by atoms with Gasteiger partial charge in [-0.15, -0.1) is 0 Å². The van der Waals surface area contributed by atoms with E-state index < -0.39 is 5.60 Å². The van der Waals surface area contributed by atoms with Crippen molar-refractivity contribution in [3.8, 4) is 11.3 Å². The normalized spacial score (nSPS) is 17.1. The number of rotatable bonds is 7. The Morgan fingerprint density at radius 1 is 1.20 bits per heavy atom. The third-order valence-electron chi connectivity index (χ3n) is 5.11. The Kier molecular flexibility index (Phi) is 5.86. The summed E-state index contributed by atoms with van der Waals surface area (Å²) >= 11 is 0. The Balaban J connectivity index is 1.45. The van der Waals surface area contributed by atoms with Crippen LogP contribution in [0.5, 0.6) is 0 Å². The molecular formula is C20H28FN3O. The molecule has 1 fully saturated rings. The lowest BCUT2D eigenvalue weighted by molar-refractivity contribution is -0.0209. The number of hydrogen-bond donors (Lipinski definition) is 2. The second-order valence-electron chi connectivity index (χ2n) is 7.41. The van der Waals surface area contributed by atoms with E-state index in [9.17, 15) is 9.50 Å². The first-order chi connectivity index (χ1) is 12.0. The molecule has 0 aliphatic heterocycles. The molecular weight excluding hydrogens is 317 g/mol. The van der Waals surface area contributed by atoms with Gasteiger partial charge in [0.05, 0.1) is 11.3 Å². The molecule has 0 unspecified atom stereocenters. The molecule has 0 atom stereocenters. The number of H-pyrrole nitrogens is 1. The van der Waals surface area contributed by atoms with Crippen LogP contribution in [0.2, 0.25) is 0 Å². The molecule has 1 aliphatic rings. The molecule has 1 aromatic carbocycles. The first-order valence-corrected chi connectivity index (χ1v) is 9.25. The van der Waals surface area contributed by atoms with Gasteiger partial charge in [-0.05, 0) is 69.6 Å². The van der Waals surface area contributed by atoms with E-state index in [2.05, 4.69) is 22.1 Å². The largest absolute Gasteiger partial charge is 0.389 e. The number of aromatic nitrogens is 2. The molecule has 25 heavy (non-hydrogen) atoms. The maximum atomic E-state index is 13.0. The van der Waals surface area contributed by atoms with Gasteiger partial charge in [0, 0.05) is 17.8 Å². The van der Waals surface area contributed by atoms with Crippen LogP contribution >= 0.6 is 0 Å². The summed E-state index contributed by atoms with van der Waals surface area (Å²) in [5, 5.41) is 18.0. The molecule has 1 heterocycles. The lowest BCUT2D eigenvalue weighted by atomic mass is 9.84. The summed E-state index contributed by atoms with van der Waals surface area (Å²) in [6.45, 7) is 1.71. The first kappa shape index (κ1) is 18.1. The van der Waals surface area contributed by atoms with Gasteiger partial charge in [-0.25, -0.2) is 4.39 Å². The van der Waals surface area contributed by atoms with Crippen molar-refractivity contribution in [2.45, 2.75) is 50.5 Å². The van der Waals surface area contributed by atoms with Gasteiger partial charge in [0.15, 0.2) is 0 Å². The average molecular weight is 345 g/mol. The summed E-state index contributed by atoms with van der Waals surface area (Å²) < 4.78 is 13.0. The van der Waals surface area contributed by atoms with Crippen LogP contribution < -0.4 is 0 Å². The van der Waals surface area contributed by atoms with Gasteiger partial charge in [-0.3, -0.25) is 5.10 Å². The average Bonchev–Trinajstić information content (AvgIpc) is 3.04. The predicted octanol–water partition coefficient (Wildman–Crippen LogP) is 3.78. The van der Waals surface area contributed by atoms with Crippen LogP contribution in [0.15, 0.2) is 30.3 Å². The Morgan fingerprint density at radius 2 is 1.92 bits per heavy atom. The van der Waals surface area contributed by atoms with Crippen LogP contribution in [-0.2, 0) is 6.42 Å². The van der Waals surface area contributed by atoms with Gasteiger partial charge >= 0.3 is 0 Å². The molecule has 0 bridgehead atoms. The van der Waals surface area contributed by atoms with Crippen molar-refractivity contribution in [2.24, 2.45) is 0 Å². The molecule has 1 aromatic heterocycles. The van der Waals surface area contributed by atoms with E-state index in [1.165, 1.54) is 18.6 Å². The van der Waals surface area contributed by atoms with Gasteiger partial charge in [0.25, 0.3) is 0 Å². The van der Waals surface area contributed by atoms with Gasteiger partial charge < -0.3 is 10.0 Å². The van der Waals surface area contributed by atoms with E-state index in [0.717, 1.165) is 68.6 Å². The topological polar surface area (TPSA) is 52.2 Å². The smallest absolute Gasteiger partial charge is 0.123 e. The van der Waals surface area contributed by atoms with Crippen LogP contribution in [0.1, 0.15) is 44.2 Å². The zero-order chi connectivity index (χ0) is 17.7. The van der Waals surface area contributed by atoms with Crippen LogP contribution in [0.4, 0.5) is 4.39 Å². The van der Waals surface area contributed by atoms with Crippen molar-refractivity contribution < 1.29 is 9.50 Å². The van der Waals surface area contributed by atoms with E-state index in [1.54, 1.807) is 12.1 Å². The van der Waals surface area contributed by atoms with Crippen molar-refractivity contribution in [1.29, 1.82) is 0 Å². The fourth-order valence-corrected chi connectivity index (χ4v) is 3.75. The standard InChI is InChI=1S/C20H28FN3O/c1-24(15-20(25)11-3-2-4-12-20)13-5-6-18-14-19(23-22-18)16-7-9-17(21)10-8-16/h7-10,14,25H,2-6,11-13,15H2,1H3,(H,22,23). The van der Waals surface area contributed by atoms with Crippen LogP contribution in [0, 0.1) is 5.82 Å². The number of likely N-dealkylation sites (N-methyl/N-ethyl adjacent to an activating group) is 1. The summed E-state index contributed by atoms with van der Waals surface area (Å²) in [5.74, 6) is -0.234. The molecule has 1 saturated carbocycles. The molecule has 0 spiro atoms. The number of aromatic amines is 1. The van der Waals surface area contributed by atoms with Gasteiger partial charge in [0.1, 0.15) is 5.82 Å². The molecule has 4 nitrogen and oxygen atoms in total. The van der Waals surface area contributed by atoms with Crippen molar-refractivity contribution in [3.63, 3.8) is 0 Å². The van der Waals surface area contributed by atoms with E-state index in [1.807, 2.05) is 6.07 Å². The van der Waals surface area contributed by atoms with Crippen molar-refractivity contribution in [3.05, 3.63) is 41.8 Å². The highest BCUT2D eigenvalue weighted by molar-refractivity contribution is 5.58. The lowest BCUT2D eigenvalue weighted by Crippen LogP contribution is -2.43. The third kappa shape index (κ3) is 5.13. The molecule has 0 saturated heterocycles. The molecule has 2 aromatic rings. The molecule has 0 amide bonds. The van der Waals surface area contributed by atoms with Crippen LogP contribution in [0.3, 0.4) is 0 Å². The van der Waals surface area contributed by atoms with E-state index in [0.29, 0.717) is 0 Å². The summed E-state index contributed by atoms with van der Waals surface area (Å²) in [6, 6.07) is 8.42. The SMILES string of the molecule is CN(CCCc1cc(-c2ccc(F)cc2)n[nH]1)CC1(O)CCCCC1.